The SMILES string of the molecule is Cc1ccccc1CC(=O)N1CC[C@@]2(C1)Cn1c(nn(CC3CCC3)c(=O)c1=O)CO2. The largest absolute Gasteiger partial charge is 0.363 e. The van der Waals surface area contributed by atoms with E-state index in [9.17, 15) is 14.4 Å². The molecule has 2 aliphatic heterocycles. The third kappa shape index (κ3) is 3.73. The summed E-state index contributed by atoms with van der Waals surface area (Å²) in [5, 5.41) is 4.43. The molecule has 2 aromatic rings. The van der Waals surface area contributed by atoms with Crippen molar-refractivity contribution in [3.63, 3.8) is 0 Å². The molecule has 1 atom stereocenters. The van der Waals surface area contributed by atoms with Gasteiger partial charge in [-0.15, -0.1) is 0 Å². The third-order valence-electron chi connectivity index (χ3n) is 7.09. The topological polar surface area (TPSA) is 86.4 Å². The van der Waals surface area contributed by atoms with Gasteiger partial charge in [0.2, 0.25) is 5.91 Å². The second-order valence-electron chi connectivity index (χ2n) is 9.23. The minimum atomic E-state index is -0.632. The first-order valence-electron chi connectivity index (χ1n) is 11.1. The zero-order valence-corrected chi connectivity index (χ0v) is 17.9. The van der Waals surface area contributed by atoms with E-state index >= 15 is 0 Å². The molecule has 8 heteroatoms. The van der Waals surface area contributed by atoms with Crippen molar-refractivity contribution < 1.29 is 9.53 Å². The van der Waals surface area contributed by atoms with Crippen LogP contribution in [0.2, 0.25) is 0 Å². The number of benzene rings is 1. The molecule has 2 fully saturated rings. The van der Waals surface area contributed by atoms with E-state index in [1.54, 1.807) is 0 Å². The highest BCUT2D eigenvalue weighted by Gasteiger charge is 2.44. The van der Waals surface area contributed by atoms with Gasteiger partial charge in [0.25, 0.3) is 0 Å². The van der Waals surface area contributed by atoms with Crippen LogP contribution in [-0.4, -0.2) is 43.8 Å². The Morgan fingerprint density at radius 2 is 2.00 bits per heavy atom. The number of aryl methyl sites for hydroxylation is 1. The first-order chi connectivity index (χ1) is 14.9. The van der Waals surface area contributed by atoms with E-state index < -0.39 is 16.7 Å². The van der Waals surface area contributed by atoms with Crippen LogP contribution in [0, 0.1) is 12.8 Å². The maximum absolute atomic E-state index is 12.9. The van der Waals surface area contributed by atoms with Gasteiger partial charge < -0.3 is 9.64 Å². The average molecular weight is 425 g/mol. The Morgan fingerprint density at radius 3 is 2.74 bits per heavy atom. The molecule has 0 N–H and O–H groups in total. The molecule has 1 aromatic carbocycles. The lowest BCUT2D eigenvalue weighted by atomic mass is 9.85. The number of hydrogen-bond donors (Lipinski definition) is 0. The highest BCUT2D eigenvalue weighted by Crippen LogP contribution is 2.32. The van der Waals surface area contributed by atoms with Crippen molar-refractivity contribution in [1.82, 2.24) is 19.2 Å². The normalized spacial score (nSPS) is 23.1. The van der Waals surface area contributed by atoms with E-state index in [0.29, 0.717) is 44.2 Å². The quantitative estimate of drug-likeness (QED) is 0.690. The van der Waals surface area contributed by atoms with Crippen LogP contribution in [0.3, 0.4) is 0 Å². The molecule has 31 heavy (non-hydrogen) atoms. The molecule has 0 unspecified atom stereocenters. The summed E-state index contributed by atoms with van der Waals surface area (Å²) in [6.45, 7) is 3.97. The summed E-state index contributed by atoms with van der Waals surface area (Å²) >= 11 is 0. The maximum atomic E-state index is 12.9. The molecule has 5 rings (SSSR count). The van der Waals surface area contributed by atoms with Crippen LogP contribution in [0.5, 0.6) is 0 Å². The fraction of sp³-hybridized carbons (Fsp3) is 0.565. The van der Waals surface area contributed by atoms with Gasteiger partial charge in [-0.2, -0.15) is 5.10 Å². The number of carbonyl (C=O) groups is 1. The van der Waals surface area contributed by atoms with Crippen molar-refractivity contribution in [1.29, 1.82) is 0 Å². The second kappa shape index (κ2) is 7.75. The number of rotatable bonds is 4. The monoisotopic (exact) mass is 424 g/mol. The van der Waals surface area contributed by atoms with Crippen molar-refractivity contribution in [2.75, 3.05) is 13.1 Å². The number of ether oxygens (including phenoxy) is 1. The number of carbonyl (C=O) groups excluding carboxylic acids is 1. The molecule has 1 aromatic heterocycles. The van der Waals surface area contributed by atoms with Crippen molar-refractivity contribution >= 4 is 5.91 Å². The number of nitrogens with zero attached hydrogens (tertiary/aromatic N) is 4. The van der Waals surface area contributed by atoms with Crippen LogP contribution in [0.4, 0.5) is 0 Å². The van der Waals surface area contributed by atoms with Gasteiger partial charge in [0.1, 0.15) is 12.2 Å². The van der Waals surface area contributed by atoms with E-state index in [1.165, 1.54) is 15.7 Å². The summed E-state index contributed by atoms with van der Waals surface area (Å²) in [4.78, 5) is 40.1. The molecule has 1 amide bonds. The summed E-state index contributed by atoms with van der Waals surface area (Å²) in [5.74, 6) is 0.993. The molecule has 1 spiro atoms. The van der Waals surface area contributed by atoms with Crippen LogP contribution in [0.1, 0.15) is 42.6 Å². The molecule has 1 saturated heterocycles. The van der Waals surface area contributed by atoms with Crippen LogP contribution in [0.15, 0.2) is 33.9 Å². The molecule has 8 nitrogen and oxygen atoms in total. The van der Waals surface area contributed by atoms with Crippen LogP contribution < -0.4 is 11.1 Å². The standard InChI is InChI=1S/C23H28N4O4/c1-16-5-2-3-8-18(16)11-20(28)25-10-9-23(14-25)15-26-19(13-31-23)24-27(22(30)21(26)29)12-17-6-4-7-17/h2-3,5,8,17H,4,6-7,9-15H2,1H3/t23-/m1/s1. The number of hydrogen-bond acceptors (Lipinski definition) is 5. The van der Waals surface area contributed by atoms with Crippen molar-refractivity contribution in [3.05, 3.63) is 61.9 Å². The lowest BCUT2D eigenvalue weighted by molar-refractivity contribution is -0.132. The zero-order chi connectivity index (χ0) is 21.6. The first kappa shape index (κ1) is 20.2. The van der Waals surface area contributed by atoms with Gasteiger partial charge in [0, 0.05) is 13.1 Å². The number of likely N-dealkylation sites (tertiary alicyclic amines) is 1. The second-order valence-corrected chi connectivity index (χ2v) is 9.23. The van der Waals surface area contributed by atoms with Gasteiger partial charge in [-0.25, -0.2) is 4.68 Å². The molecule has 1 aliphatic carbocycles. The van der Waals surface area contributed by atoms with Crippen molar-refractivity contribution in [2.45, 2.75) is 64.3 Å². The zero-order valence-electron chi connectivity index (χ0n) is 17.9. The average Bonchev–Trinajstić information content (AvgIpc) is 3.14. The third-order valence-corrected chi connectivity index (χ3v) is 7.09. The summed E-state index contributed by atoms with van der Waals surface area (Å²) in [6, 6.07) is 7.89. The molecule has 1 saturated carbocycles. The molecule has 0 radical (unpaired) electrons. The minimum Gasteiger partial charge on any atom is -0.363 e. The molecule has 3 heterocycles. The fourth-order valence-corrected chi connectivity index (χ4v) is 4.83. The Labute approximate surface area is 180 Å². The van der Waals surface area contributed by atoms with Gasteiger partial charge in [0.05, 0.1) is 19.5 Å². The summed E-state index contributed by atoms with van der Waals surface area (Å²) < 4.78 is 8.97. The van der Waals surface area contributed by atoms with Crippen LogP contribution >= 0.6 is 0 Å². The molecular weight excluding hydrogens is 396 g/mol. The van der Waals surface area contributed by atoms with Crippen molar-refractivity contribution in [2.24, 2.45) is 5.92 Å². The Balaban J connectivity index is 1.31. The van der Waals surface area contributed by atoms with Gasteiger partial charge in [-0.1, -0.05) is 30.7 Å². The number of fused-ring (bicyclic) bond motifs is 1. The lowest BCUT2D eigenvalue weighted by Crippen LogP contribution is -2.53. The molecular formula is C23H28N4O4. The van der Waals surface area contributed by atoms with E-state index in [1.807, 2.05) is 36.1 Å². The predicted molar refractivity (Wildman–Crippen MR) is 114 cm³/mol. The fourth-order valence-electron chi connectivity index (χ4n) is 4.83. The van der Waals surface area contributed by atoms with Gasteiger partial charge >= 0.3 is 11.1 Å². The lowest BCUT2D eigenvalue weighted by Gasteiger charge is -2.35. The highest BCUT2D eigenvalue weighted by atomic mass is 16.5. The van der Waals surface area contributed by atoms with Gasteiger partial charge in [-0.05, 0) is 43.2 Å². The highest BCUT2D eigenvalue weighted by molar-refractivity contribution is 5.79. The summed E-state index contributed by atoms with van der Waals surface area (Å²) in [6.07, 6.45) is 4.33. The smallest absolute Gasteiger partial charge is 0.332 e. The number of aromatic nitrogens is 3. The van der Waals surface area contributed by atoms with Gasteiger partial charge in [0.15, 0.2) is 5.82 Å². The number of amides is 1. The van der Waals surface area contributed by atoms with Crippen LogP contribution in [-0.2, 0) is 35.6 Å². The van der Waals surface area contributed by atoms with Crippen LogP contribution in [0.25, 0.3) is 0 Å². The van der Waals surface area contributed by atoms with E-state index in [-0.39, 0.29) is 19.1 Å². The summed E-state index contributed by atoms with van der Waals surface area (Å²) in [5.41, 5.74) is 0.404. The molecule has 164 valence electrons. The molecule has 3 aliphatic rings. The Bertz CT molecular complexity index is 1130. The molecule has 0 bridgehead atoms. The van der Waals surface area contributed by atoms with E-state index in [0.717, 1.165) is 24.0 Å². The minimum absolute atomic E-state index is 0.0574. The Morgan fingerprint density at radius 1 is 1.19 bits per heavy atom. The van der Waals surface area contributed by atoms with E-state index in [2.05, 4.69) is 5.10 Å². The Kier molecular flexibility index (Phi) is 5.04. The Hall–Kier alpha value is -2.74. The first-order valence-corrected chi connectivity index (χ1v) is 11.1. The van der Waals surface area contributed by atoms with Gasteiger partial charge in [-0.3, -0.25) is 19.0 Å². The summed E-state index contributed by atoms with van der Waals surface area (Å²) in [7, 11) is 0. The van der Waals surface area contributed by atoms with Crippen molar-refractivity contribution in [3.8, 4) is 0 Å². The maximum Gasteiger partial charge on any atom is 0.332 e. The van der Waals surface area contributed by atoms with E-state index in [4.69, 9.17) is 4.74 Å². The predicted octanol–water partition coefficient (Wildman–Crippen LogP) is 1.26.